The maximum absolute atomic E-state index is 6.16. The summed E-state index contributed by atoms with van der Waals surface area (Å²) >= 11 is 0. The molecule has 0 aliphatic rings. The molecule has 0 aliphatic heterocycles. The van der Waals surface area contributed by atoms with Crippen molar-refractivity contribution in [2.75, 3.05) is 0 Å². The zero-order valence-corrected chi connectivity index (χ0v) is 23.4. The van der Waals surface area contributed by atoms with Crippen LogP contribution in [0.2, 0.25) is 0 Å². The van der Waals surface area contributed by atoms with Gasteiger partial charge in [0.05, 0.1) is 0 Å². The Hall–Kier alpha value is -5.66. The molecule has 200 valence electrons. The average Bonchev–Trinajstić information content (AvgIpc) is 3.45. The minimum absolute atomic E-state index is 0.918. The Morgan fingerprint density at radius 2 is 0.791 bits per heavy atom. The Labute approximate surface area is 249 Å². The van der Waals surface area contributed by atoms with Crippen LogP contribution in [0.4, 0.5) is 0 Å². The van der Waals surface area contributed by atoms with Crippen LogP contribution in [0.25, 0.3) is 87.6 Å². The zero-order valence-electron chi connectivity index (χ0n) is 23.4. The molecule has 0 radical (unpaired) electrons. The lowest BCUT2D eigenvalue weighted by molar-refractivity contribution is 0.669. The van der Waals surface area contributed by atoms with Crippen molar-refractivity contribution in [1.29, 1.82) is 0 Å². The Bertz CT molecular complexity index is 2430. The fourth-order valence-corrected chi connectivity index (χ4v) is 6.93. The molecule has 1 aromatic heterocycles. The molecule has 0 atom stereocenters. The second-order valence-corrected chi connectivity index (χ2v) is 11.3. The lowest BCUT2D eigenvalue weighted by Crippen LogP contribution is -1.91. The van der Waals surface area contributed by atoms with Gasteiger partial charge in [-0.2, -0.15) is 0 Å². The molecule has 1 heterocycles. The summed E-state index contributed by atoms with van der Waals surface area (Å²) in [5.74, 6) is 0. The van der Waals surface area contributed by atoms with Gasteiger partial charge in [-0.25, -0.2) is 0 Å². The average molecular weight is 547 g/mol. The lowest BCUT2D eigenvalue weighted by Gasteiger charge is -2.18. The SMILES string of the molecule is c1ccc2c(-c3ccc(-c4c5ccccc5c(-c5ccc6oc7ccccc7c6c5)c5ccccc45)cc3)cccc2c1. The first-order valence-corrected chi connectivity index (χ1v) is 14.8. The van der Waals surface area contributed by atoms with Gasteiger partial charge in [0.15, 0.2) is 0 Å². The minimum atomic E-state index is 0.918. The van der Waals surface area contributed by atoms with Gasteiger partial charge < -0.3 is 4.42 Å². The topological polar surface area (TPSA) is 13.1 Å². The maximum Gasteiger partial charge on any atom is 0.135 e. The Morgan fingerprint density at radius 3 is 1.49 bits per heavy atom. The number of furan rings is 1. The van der Waals surface area contributed by atoms with Crippen LogP contribution in [0.15, 0.2) is 162 Å². The number of benzene rings is 8. The van der Waals surface area contributed by atoms with Crippen LogP contribution in [0.1, 0.15) is 0 Å². The van der Waals surface area contributed by atoms with Crippen molar-refractivity contribution in [2.24, 2.45) is 0 Å². The Morgan fingerprint density at radius 1 is 0.302 bits per heavy atom. The van der Waals surface area contributed by atoms with E-state index in [2.05, 4.69) is 146 Å². The van der Waals surface area contributed by atoms with Gasteiger partial charge in [-0.05, 0) is 83.9 Å². The summed E-state index contributed by atoms with van der Waals surface area (Å²) in [6.07, 6.45) is 0. The number of hydrogen-bond donors (Lipinski definition) is 0. The molecule has 0 fully saturated rings. The highest BCUT2D eigenvalue weighted by molar-refractivity contribution is 6.22. The molecule has 8 aromatic carbocycles. The molecule has 43 heavy (non-hydrogen) atoms. The summed E-state index contributed by atoms with van der Waals surface area (Å²) in [6.45, 7) is 0. The van der Waals surface area contributed by atoms with Crippen LogP contribution < -0.4 is 0 Å². The van der Waals surface area contributed by atoms with Crippen molar-refractivity contribution in [3.8, 4) is 33.4 Å². The molecule has 0 aliphatic carbocycles. The molecule has 1 heteroatoms. The van der Waals surface area contributed by atoms with Gasteiger partial charge in [-0.3, -0.25) is 0 Å². The van der Waals surface area contributed by atoms with Gasteiger partial charge in [0.2, 0.25) is 0 Å². The lowest BCUT2D eigenvalue weighted by atomic mass is 9.85. The van der Waals surface area contributed by atoms with Crippen LogP contribution in [-0.4, -0.2) is 0 Å². The predicted octanol–water partition coefficient (Wildman–Crippen LogP) is 12.0. The zero-order chi connectivity index (χ0) is 28.3. The highest BCUT2D eigenvalue weighted by Gasteiger charge is 2.18. The Balaban J connectivity index is 1.27. The number of fused-ring (bicyclic) bond motifs is 6. The molecule has 1 nitrogen and oxygen atoms in total. The summed E-state index contributed by atoms with van der Waals surface area (Å²) in [5, 5.41) is 9.85. The molecule has 0 spiro atoms. The quantitative estimate of drug-likeness (QED) is 0.201. The van der Waals surface area contributed by atoms with Crippen LogP contribution in [-0.2, 0) is 0 Å². The third-order valence-corrected chi connectivity index (χ3v) is 8.87. The van der Waals surface area contributed by atoms with Crippen molar-refractivity contribution < 1.29 is 4.42 Å². The summed E-state index contributed by atoms with van der Waals surface area (Å²) in [4.78, 5) is 0. The number of hydrogen-bond acceptors (Lipinski definition) is 1. The van der Waals surface area contributed by atoms with Gasteiger partial charge >= 0.3 is 0 Å². The van der Waals surface area contributed by atoms with E-state index >= 15 is 0 Å². The third kappa shape index (κ3) is 3.72. The monoisotopic (exact) mass is 546 g/mol. The fourth-order valence-electron chi connectivity index (χ4n) is 6.93. The summed E-state index contributed by atoms with van der Waals surface area (Å²) in [5.41, 5.74) is 9.28. The molecule has 0 amide bonds. The second kappa shape index (κ2) is 9.44. The summed E-state index contributed by atoms with van der Waals surface area (Å²) < 4.78 is 6.16. The number of para-hydroxylation sites is 1. The minimum Gasteiger partial charge on any atom is -0.456 e. The normalized spacial score (nSPS) is 11.7. The Kier molecular flexibility index (Phi) is 5.27. The van der Waals surface area contributed by atoms with Gasteiger partial charge in [-0.15, -0.1) is 0 Å². The van der Waals surface area contributed by atoms with E-state index in [1.807, 2.05) is 12.1 Å². The van der Waals surface area contributed by atoms with E-state index in [4.69, 9.17) is 4.42 Å². The van der Waals surface area contributed by atoms with Crippen molar-refractivity contribution in [1.82, 2.24) is 0 Å². The molecule has 0 N–H and O–H groups in total. The van der Waals surface area contributed by atoms with Crippen molar-refractivity contribution in [2.45, 2.75) is 0 Å². The van der Waals surface area contributed by atoms with Gasteiger partial charge in [-0.1, -0.05) is 140 Å². The van der Waals surface area contributed by atoms with Crippen molar-refractivity contribution in [3.05, 3.63) is 158 Å². The molecule has 0 saturated heterocycles. The van der Waals surface area contributed by atoms with Crippen molar-refractivity contribution >= 4 is 54.3 Å². The second-order valence-electron chi connectivity index (χ2n) is 11.3. The van der Waals surface area contributed by atoms with E-state index in [9.17, 15) is 0 Å². The largest absolute Gasteiger partial charge is 0.456 e. The highest BCUT2D eigenvalue weighted by atomic mass is 16.3. The first-order valence-electron chi connectivity index (χ1n) is 14.8. The molecule has 9 aromatic rings. The van der Waals surface area contributed by atoms with E-state index in [1.165, 1.54) is 65.7 Å². The van der Waals surface area contributed by atoms with Gasteiger partial charge in [0.25, 0.3) is 0 Å². The van der Waals surface area contributed by atoms with Gasteiger partial charge in [0, 0.05) is 10.8 Å². The molecular formula is C42H26O. The number of rotatable bonds is 3. The smallest absolute Gasteiger partial charge is 0.135 e. The maximum atomic E-state index is 6.16. The van der Waals surface area contributed by atoms with E-state index < -0.39 is 0 Å². The van der Waals surface area contributed by atoms with E-state index in [0.717, 1.165) is 21.9 Å². The fraction of sp³-hybridized carbons (Fsp3) is 0. The van der Waals surface area contributed by atoms with Crippen molar-refractivity contribution in [3.63, 3.8) is 0 Å². The molecule has 9 rings (SSSR count). The first-order chi connectivity index (χ1) is 21.3. The van der Waals surface area contributed by atoms with Crippen LogP contribution in [0, 0.1) is 0 Å². The van der Waals surface area contributed by atoms with Crippen LogP contribution in [0.5, 0.6) is 0 Å². The standard InChI is InChI=1S/C42H26O/c1-2-12-31-27(10-1)11-9-18-32(31)28-20-22-29(23-21-28)41-34-14-3-5-16-36(34)42(37-17-6-4-15-35(37)41)30-24-25-40-38(26-30)33-13-7-8-19-39(33)43-40/h1-26H. The third-order valence-electron chi connectivity index (χ3n) is 8.87. The predicted molar refractivity (Wildman–Crippen MR) is 183 cm³/mol. The summed E-state index contributed by atoms with van der Waals surface area (Å²) in [6, 6.07) is 56.9. The van der Waals surface area contributed by atoms with Crippen LogP contribution >= 0.6 is 0 Å². The van der Waals surface area contributed by atoms with E-state index in [-0.39, 0.29) is 0 Å². The highest BCUT2D eigenvalue weighted by Crippen LogP contribution is 2.45. The van der Waals surface area contributed by atoms with Gasteiger partial charge in [0.1, 0.15) is 11.2 Å². The first kappa shape index (κ1) is 24.0. The van der Waals surface area contributed by atoms with E-state index in [0.29, 0.717) is 0 Å². The molecule has 0 bridgehead atoms. The van der Waals surface area contributed by atoms with E-state index in [1.54, 1.807) is 0 Å². The summed E-state index contributed by atoms with van der Waals surface area (Å²) in [7, 11) is 0. The molecular weight excluding hydrogens is 520 g/mol. The van der Waals surface area contributed by atoms with Crippen LogP contribution in [0.3, 0.4) is 0 Å². The molecule has 0 unspecified atom stereocenters. The molecule has 0 saturated carbocycles.